The zero-order valence-electron chi connectivity index (χ0n) is 17.1. The molecule has 8 nitrogen and oxygen atoms in total. The number of urea groups is 1. The average Bonchev–Trinajstić information content (AvgIpc) is 3.03. The minimum absolute atomic E-state index is 0.0574. The van der Waals surface area contributed by atoms with Crippen LogP contribution in [0, 0.1) is 0 Å². The Balaban J connectivity index is 1.88. The lowest BCUT2D eigenvalue weighted by Crippen LogP contribution is -2.34. The Morgan fingerprint density at radius 1 is 1.07 bits per heavy atom. The molecule has 1 atom stereocenters. The number of rotatable bonds is 9. The molecule has 1 saturated heterocycles. The molecule has 1 aliphatic heterocycles. The van der Waals surface area contributed by atoms with Crippen molar-refractivity contribution >= 4 is 19.3 Å². The number of anilines is 1. The SMILES string of the molecule is CCOP(=O)(CCN1CC(c2ccc(O)cc2O)N(c2ccccc2)C1=O)OCC. The monoisotopic (exact) mass is 434 g/mol. The third kappa shape index (κ3) is 4.78. The number of hydrogen-bond acceptors (Lipinski definition) is 6. The Labute approximate surface area is 176 Å². The number of amides is 2. The number of phenolic OH excluding ortho intramolecular Hbond substituents is 2. The van der Waals surface area contributed by atoms with Crippen LogP contribution in [-0.4, -0.2) is 53.6 Å². The highest BCUT2D eigenvalue weighted by molar-refractivity contribution is 7.53. The second kappa shape index (κ2) is 9.51. The zero-order chi connectivity index (χ0) is 21.7. The summed E-state index contributed by atoms with van der Waals surface area (Å²) < 4.78 is 23.5. The summed E-state index contributed by atoms with van der Waals surface area (Å²) >= 11 is 0. The molecular formula is C21H27N2O6P. The van der Waals surface area contributed by atoms with Gasteiger partial charge in [-0.25, -0.2) is 4.79 Å². The van der Waals surface area contributed by atoms with Crippen LogP contribution in [0.15, 0.2) is 48.5 Å². The number of para-hydroxylation sites is 1. The summed E-state index contributed by atoms with van der Waals surface area (Å²) in [7, 11) is -3.29. The van der Waals surface area contributed by atoms with Crippen LogP contribution in [0.2, 0.25) is 0 Å². The van der Waals surface area contributed by atoms with Crippen LogP contribution >= 0.6 is 7.60 Å². The smallest absolute Gasteiger partial charge is 0.332 e. The molecule has 0 radical (unpaired) electrons. The van der Waals surface area contributed by atoms with E-state index in [9.17, 15) is 19.6 Å². The van der Waals surface area contributed by atoms with Gasteiger partial charge in [-0.05, 0) is 38.1 Å². The molecule has 9 heteroatoms. The van der Waals surface area contributed by atoms with Crippen molar-refractivity contribution in [3.05, 3.63) is 54.1 Å². The first-order chi connectivity index (χ1) is 14.4. The molecule has 0 aliphatic carbocycles. The van der Waals surface area contributed by atoms with E-state index in [1.54, 1.807) is 29.7 Å². The number of nitrogens with zero attached hydrogens (tertiary/aromatic N) is 2. The molecule has 3 rings (SSSR count). The van der Waals surface area contributed by atoms with Crippen LogP contribution in [0.4, 0.5) is 10.5 Å². The van der Waals surface area contributed by atoms with Gasteiger partial charge in [-0.15, -0.1) is 0 Å². The molecule has 30 heavy (non-hydrogen) atoms. The normalized spacial score (nSPS) is 17.0. The van der Waals surface area contributed by atoms with Gasteiger partial charge in [0.15, 0.2) is 0 Å². The van der Waals surface area contributed by atoms with Crippen LogP contribution in [0.3, 0.4) is 0 Å². The van der Waals surface area contributed by atoms with Gasteiger partial charge in [0.2, 0.25) is 0 Å². The van der Waals surface area contributed by atoms with Gasteiger partial charge in [0, 0.05) is 30.4 Å². The van der Waals surface area contributed by atoms with Crippen molar-refractivity contribution in [2.75, 3.05) is 37.4 Å². The molecule has 0 saturated carbocycles. The average molecular weight is 434 g/mol. The van der Waals surface area contributed by atoms with Crippen molar-refractivity contribution in [1.29, 1.82) is 0 Å². The van der Waals surface area contributed by atoms with E-state index in [4.69, 9.17) is 9.05 Å². The van der Waals surface area contributed by atoms with Crippen molar-refractivity contribution < 1.29 is 28.6 Å². The lowest BCUT2D eigenvalue weighted by atomic mass is 10.0. The lowest BCUT2D eigenvalue weighted by Gasteiger charge is -2.24. The molecule has 1 unspecified atom stereocenters. The number of hydrogen-bond donors (Lipinski definition) is 2. The fraction of sp³-hybridized carbons (Fsp3) is 0.381. The minimum Gasteiger partial charge on any atom is -0.508 e. The molecule has 2 N–H and O–H groups in total. The van der Waals surface area contributed by atoms with Gasteiger partial charge in [0.25, 0.3) is 0 Å². The van der Waals surface area contributed by atoms with E-state index in [1.807, 2.05) is 30.3 Å². The summed E-state index contributed by atoms with van der Waals surface area (Å²) in [5.41, 5.74) is 1.20. The van der Waals surface area contributed by atoms with Gasteiger partial charge in [-0.2, -0.15) is 0 Å². The second-order valence-electron chi connectivity index (χ2n) is 6.86. The Bertz CT molecular complexity index is 913. The number of phenols is 2. The molecule has 2 aromatic carbocycles. The first-order valence-electron chi connectivity index (χ1n) is 9.91. The molecule has 0 aromatic heterocycles. The maximum atomic E-state index is 13.3. The second-order valence-corrected chi connectivity index (χ2v) is 9.05. The van der Waals surface area contributed by atoms with Crippen molar-refractivity contribution in [3.8, 4) is 11.5 Å². The molecule has 1 heterocycles. The maximum absolute atomic E-state index is 13.3. The van der Waals surface area contributed by atoms with Crippen molar-refractivity contribution in [3.63, 3.8) is 0 Å². The van der Waals surface area contributed by atoms with Crippen LogP contribution in [0.1, 0.15) is 25.5 Å². The highest BCUT2D eigenvalue weighted by Gasteiger charge is 2.41. The van der Waals surface area contributed by atoms with Gasteiger partial charge in [-0.3, -0.25) is 9.46 Å². The first-order valence-corrected chi connectivity index (χ1v) is 11.6. The molecule has 2 amide bonds. The largest absolute Gasteiger partial charge is 0.508 e. The topological polar surface area (TPSA) is 99.5 Å². The molecule has 2 aromatic rings. The highest BCUT2D eigenvalue weighted by atomic mass is 31.2. The number of aromatic hydroxyl groups is 2. The van der Waals surface area contributed by atoms with Crippen molar-refractivity contribution in [1.82, 2.24) is 4.90 Å². The summed E-state index contributed by atoms with van der Waals surface area (Å²) in [6.45, 7) is 4.47. The van der Waals surface area contributed by atoms with Crippen molar-refractivity contribution in [2.45, 2.75) is 19.9 Å². The Kier molecular flexibility index (Phi) is 7.02. The highest BCUT2D eigenvalue weighted by Crippen LogP contribution is 2.48. The van der Waals surface area contributed by atoms with Gasteiger partial charge in [-0.1, -0.05) is 18.2 Å². The summed E-state index contributed by atoms with van der Waals surface area (Å²) in [6.07, 6.45) is 0.0807. The van der Waals surface area contributed by atoms with Gasteiger partial charge >= 0.3 is 13.6 Å². The Morgan fingerprint density at radius 2 is 1.73 bits per heavy atom. The molecular weight excluding hydrogens is 407 g/mol. The van der Waals surface area contributed by atoms with E-state index in [0.717, 1.165) is 0 Å². The van der Waals surface area contributed by atoms with E-state index in [-0.39, 0.29) is 50.0 Å². The first kappa shape index (κ1) is 22.2. The predicted molar refractivity (Wildman–Crippen MR) is 114 cm³/mol. The Morgan fingerprint density at radius 3 is 2.33 bits per heavy atom. The standard InChI is InChI=1S/C21H27N2O6P/c1-3-28-30(27,29-4-2)13-12-22-15-19(18-11-10-17(24)14-20(18)25)23(21(22)26)16-8-6-5-7-9-16/h5-11,14,19,24-25H,3-4,12-13,15H2,1-2H3. The van der Waals surface area contributed by atoms with Crippen LogP contribution < -0.4 is 4.90 Å². The molecule has 1 fully saturated rings. The third-order valence-electron chi connectivity index (χ3n) is 4.88. The minimum atomic E-state index is -3.29. The summed E-state index contributed by atoms with van der Waals surface area (Å²) in [5, 5.41) is 20.0. The summed E-state index contributed by atoms with van der Waals surface area (Å²) in [6, 6.07) is 12.7. The molecule has 0 bridgehead atoms. The van der Waals surface area contributed by atoms with E-state index < -0.39 is 13.6 Å². The zero-order valence-corrected chi connectivity index (χ0v) is 18.0. The predicted octanol–water partition coefficient (Wildman–Crippen LogP) is 4.35. The third-order valence-corrected chi connectivity index (χ3v) is 6.94. The van der Waals surface area contributed by atoms with Gasteiger partial charge < -0.3 is 24.2 Å². The molecule has 1 aliphatic rings. The Hall–Kier alpha value is -2.54. The van der Waals surface area contributed by atoms with Gasteiger partial charge in [0.05, 0.1) is 25.4 Å². The van der Waals surface area contributed by atoms with E-state index >= 15 is 0 Å². The van der Waals surface area contributed by atoms with Crippen molar-refractivity contribution in [2.24, 2.45) is 0 Å². The lowest BCUT2D eigenvalue weighted by molar-refractivity contribution is 0.210. The molecule has 162 valence electrons. The van der Waals surface area contributed by atoms with Crippen LogP contribution in [0.5, 0.6) is 11.5 Å². The van der Waals surface area contributed by atoms with E-state index in [0.29, 0.717) is 11.3 Å². The van der Waals surface area contributed by atoms with Crippen LogP contribution in [0.25, 0.3) is 0 Å². The molecule has 0 spiro atoms. The van der Waals surface area contributed by atoms with Gasteiger partial charge in [0.1, 0.15) is 11.5 Å². The van der Waals surface area contributed by atoms with E-state index in [1.165, 1.54) is 12.1 Å². The quantitative estimate of drug-likeness (QED) is 0.570. The summed E-state index contributed by atoms with van der Waals surface area (Å²) in [5.74, 6) is -0.150. The summed E-state index contributed by atoms with van der Waals surface area (Å²) in [4.78, 5) is 16.4. The number of carbonyl (C=O) groups excluding carboxylic acids is 1. The van der Waals surface area contributed by atoms with Crippen LogP contribution in [-0.2, 0) is 13.6 Å². The fourth-order valence-corrected chi connectivity index (χ4v) is 5.18. The number of carbonyl (C=O) groups is 1. The maximum Gasteiger partial charge on any atom is 0.332 e. The fourth-order valence-electron chi connectivity index (χ4n) is 3.57. The van der Waals surface area contributed by atoms with E-state index in [2.05, 4.69) is 0 Å². The number of benzene rings is 2.